The maximum atomic E-state index is 15.0. The Balaban J connectivity index is 0.00000117. The molecule has 8 aromatic carbocycles. The van der Waals surface area contributed by atoms with Crippen molar-refractivity contribution in [3.8, 4) is 0 Å². The third kappa shape index (κ3) is 9.34. The topological polar surface area (TPSA) is 98.3 Å². The molecule has 7 heteroatoms. The molecule has 0 heterocycles. The van der Waals surface area contributed by atoms with Crippen molar-refractivity contribution in [2.75, 3.05) is 0 Å². The molecule has 1 radical (unpaired) electrons. The third-order valence-corrected chi connectivity index (χ3v) is 12.3. The van der Waals surface area contributed by atoms with E-state index < -0.39 is 5.97 Å². The van der Waals surface area contributed by atoms with Gasteiger partial charge in [-0.05, 0) is 109 Å². The Morgan fingerprint density at radius 2 is 0.821 bits per heavy atom. The third-order valence-electron chi connectivity index (χ3n) is 12.3. The summed E-state index contributed by atoms with van der Waals surface area (Å²) in [6.07, 6.45) is 7.74. The number of benzene rings is 8. The molecule has 6 nitrogen and oxygen atoms in total. The zero-order valence-corrected chi connectivity index (χ0v) is 38.5. The number of carbonyl (C=O) groups excluding carboxylic acids is 3. The number of fused-ring (bicyclic) bond motifs is 4. The summed E-state index contributed by atoms with van der Waals surface area (Å²) in [6, 6.07) is 61.1. The van der Waals surface area contributed by atoms with Crippen molar-refractivity contribution >= 4 is 62.4 Å². The van der Waals surface area contributed by atoms with Crippen LogP contribution < -0.4 is 36.6 Å². The molecular formula is C60H47MnN2O4-. The summed E-state index contributed by atoms with van der Waals surface area (Å²) in [5.74, 6) is -1.16. The molecule has 0 saturated carbocycles. The van der Waals surface area contributed by atoms with Crippen LogP contribution in [0.2, 0.25) is 0 Å². The minimum absolute atomic E-state index is 0. The van der Waals surface area contributed by atoms with Gasteiger partial charge in [0.25, 0.3) is 0 Å². The zero-order chi connectivity index (χ0) is 45.7. The minimum atomic E-state index is -1.08. The molecule has 0 saturated heterocycles. The van der Waals surface area contributed by atoms with Crippen molar-refractivity contribution in [3.05, 3.63) is 260 Å². The predicted molar refractivity (Wildman–Crippen MR) is 264 cm³/mol. The molecule has 0 amide bonds. The molecule has 0 bridgehead atoms. The van der Waals surface area contributed by atoms with E-state index in [1.54, 1.807) is 0 Å². The van der Waals surface area contributed by atoms with E-state index >= 15 is 0 Å². The van der Waals surface area contributed by atoms with Gasteiger partial charge in [-0.1, -0.05) is 182 Å². The van der Waals surface area contributed by atoms with E-state index in [1.807, 2.05) is 122 Å². The van der Waals surface area contributed by atoms with E-state index in [-0.39, 0.29) is 40.7 Å². The van der Waals surface area contributed by atoms with Crippen LogP contribution in [-0.2, 0) is 31.5 Å². The number of Topliss-reactive ketones (excluding diaryl/α,β-unsaturated/α-hetero) is 2. The van der Waals surface area contributed by atoms with Gasteiger partial charge in [0, 0.05) is 57.7 Å². The van der Waals surface area contributed by atoms with Crippen LogP contribution >= 0.6 is 0 Å². The first-order valence-electron chi connectivity index (χ1n) is 22.1. The van der Waals surface area contributed by atoms with Crippen molar-refractivity contribution in [1.82, 2.24) is 10.6 Å². The second kappa shape index (κ2) is 20.1. The maximum Gasteiger partial charge on any atom is 0.195 e. The SMILES string of the molecule is CC(=O)[O-].Cc1ccc2ccccc2c1C1=c2ccccc2=C/C(=C/N[C@@H](c2ccccc2)[C@@H](N/C=C2/C=c3ccccc3=C(c3c(C)ccc4ccccc34)C2=O)c2ccccc2)C1=O.[Mn]. The van der Waals surface area contributed by atoms with Crippen molar-refractivity contribution < 1.29 is 36.6 Å². The molecule has 2 aliphatic carbocycles. The second-order valence-electron chi connectivity index (χ2n) is 16.6. The Bertz CT molecular complexity index is 3310. The Morgan fingerprint density at radius 3 is 1.22 bits per heavy atom. The number of rotatable bonds is 9. The number of carbonyl (C=O) groups is 3. The fourth-order valence-corrected chi connectivity index (χ4v) is 9.29. The average Bonchev–Trinajstić information content (AvgIpc) is 3.34. The zero-order valence-electron chi connectivity index (χ0n) is 37.3. The molecule has 0 aliphatic heterocycles. The van der Waals surface area contributed by atoms with E-state index in [0.29, 0.717) is 22.3 Å². The van der Waals surface area contributed by atoms with Gasteiger partial charge in [-0.2, -0.15) is 0 Å². The number of ketones is 2. The fourth-order valence-electron chi connectivity index (χ4n) is 9.29. The average molecular weight is 915 g/mol. The summed E-state index contributed by atoms with van der Waals surface area (Å²) in [4.78, 5) is 38.8. The predicted octanol–water partition coefficient (Wildman–Crippen LogP) is 7.62. The Kier molecular flexibility index (Phi) is 13.7. The number of carboxylic acid groups (broad SMARTS) is 1. The van der Waals surface area contributed by atoms with Gasteiger partial charge in [0.1, 0.15) is 0 Å². The summed E-state index contributed by atoms with van der Waals surface area (Å²) < 4.78 is 0. The summed E-state index contributed by atoms with van der Waals surface area (Å²) in [7, 11) is 0. The van der Waals surface area contributed by atoms with Gasteiger partial charge in [0.15, 0.2) is 11.6 Å². The van der Waals surface area contributed by atoms with Gasteiger partial charge in [-0.15, -0.1) is 0 Å². The maximum absolute atomic E-state index is 15.0. The van der Waals surface area contributed by atoms with Crippen LogP contribution in [0.25, 0.3) is 44.8 Å². The van der Waals surface area contributed by atoms with Crippen molar-refractivity contribution in [1.29, 1.82) is 0 Å². The van der Waals surface area contributed by atoms with Crippen LogP contribution in [0.3, 0.4) is 0 Å². The Hall–Kier alpha value is -7.83. The number of hydrogen-bond acceptors (Lipinski definition) is 6. The molecule has 329 valence electrons. The van der Waals surface area contributed by atoms with Crippen molar-refractivity contribution in [2.24, 2.45) is 0 Å². The van der Waals surface area contributed by atoms with E-state index in [2.05, 4.69) is 109 Å². The number of allylic oxidation sites excluding steroid dienone is 2. The van der Waals surface area contributed by atoms with Crippen LogP contribution in [0, 0.1) is 13.8 Å². The van der Waals surface area contributed by atoms with E-state index in [0.717, 1.165) is 82.7 Å². The molecule has 0 aromatic heterocycles. The molecule has 0 spiro atoms. The van der Waals surface area contributed by atoms with Crippen LogP contribution in [-0.4, -0.2) is 17.5 Å². The molecule has 10 rings (SSSR count). The van der Waals surface area contributed by atoms with Crippen LogP contribution in [0.1, 0.15) is 52.4 Å². The Labute approximate surface area is 400 Å². The van der Waals surface area contributed by atoms with Gasteiger partial charge in [0.2, 0.25) is 0 Å². The molecule has 0 unspecified atom stereocenters. The van der Waals surface area contributed by atoms with Gasteiger partial charge >= 0.3 is 0 Å². The monoisotopic (exact) mass is 914 g/mol. The van der Waals surface area contributed by atoms with Crippen molar-refractivity contribution in [2.45, 2.75) is 32.9 Å². The Morgan fingerprint density at radius 1 is 0.478 bits per heavy atom. The second-order valence-corrected chi connectivity index (χ2v) is 16.6. The van der Waals surface area contributed by atoms with E-state index in [4.69, 9.17) is 9.90 Å². The normalized spacial score (nSPS) is 15.0. The molecule has 2 N–H and O–H groups in total. The van der Waals surface area contributed by atoms with Crippen LogP contribution in [0.5, 0.6) is 0 Å². The molecule has 0 fully saturated rings. The smallest absolute Gasteiger partial charge is 0.195 e. The first-order valence-corrected chi connectivity index (χ1v) is 22.1. The number of aliphatic carboxylic acids is 1. The molecule has 8 aromatic rings. The van der Waals surface area contributed by atoms with Crippen LogP contribution in [0.4, 0.5) is 0 Å². The standard InChI is InChI=1S/C58H44N2O2.C2H4O2.Mn/c1-37-29-31-39-17-9-13-25-47(39)51(37)53-49-27-15-11-23-43(49)33-45(57(53)61)35-59-55(41-19-5-3-6-20-41)56(42-21-7-4-8-22-42)60-36-46-34-44-24-12-16-28-50(44)54(58(46)62)52-38(2)30-32-40-18-10-14-26-48(40)52;1-2(3)4;/h3-36,55-56,59-60H,1-2H3;1H3,(H,3,4);/p-1/b45-35-,46-36-;;/t55-,56-;;/m0../s1. The fraction of sp³-hybridized carbons (Fsp3) is 0.0833. The van der Waals surface area contributed by atoms with E-state index in [9.17, 15) is 9.59 Å². The van der Waals surface area contributed by atoms with Crippen LogP contribution in [0.15, 0.2) is 206 Å². The first-order chi connectivity index (χ1) is 32.2. The van der Waals surface area contributed by atoms with Gasteiger partial charge in [-0.25, -0.2) is 0 Å². The van der Waals surface area contributed by atoms with E-state index in [1.165, 1.54) is 0 Å². The van der Waals surface area contributed by atoms with Gasteiger partial charge < -0.3 is 20.5 Å². The molecule has 2 aliphatic rings. The van der Waals surface area contributed by atoms with Gasteiger partial charge in [-0.3, -0.25) is 9.59 Å². The number of carboxylic acids is 1. The molecule has 67 heavy (non-hydrogen) atoms. The van der Waals surface area contributed by atoms with Gasteiger partial charge in [0.05, 0.1) is 12.1 Å². The summed E-state index contributed by atoms with van der Waals surface area (Å²) in [5, 5.41) is 24.5. The minimum Gasteiger partial charge on any atom is -0.550 e. The molecule has 2 atom stereocenters. The summed E-state index contributed by atoms with van der Waals surface area (Å²) in [6.45, 7) is 5.13. The summed E-state index contributed by atoms with van der Waals surface area (Å²) >= 11 is 0. The van der Waals surface area contributed by atoms with Crippen molar-refractivity contribution in [3.63, 3.8) is 0 Å². The quantitative estimate of drug-likeness (QED) is 0.114. The summed E-state index contributed by atoms with van der Waals surface area (Å²) in [5.41, 5.74) is 8.57. The number of aryl methyl sites for hydroxylation is 2. The largest absolute Gasteiger partial charge is 0.550 e. The first kappa shape index (κ1) is 45.7. The molecular weight excluding hydrogens is 868 g/mol. The number of nitrogens with one attached hydrogen (secondary N) is 2. The number of hydrogen-bond donors (Lipinski definition) is 2.